The summed E-state index contributed by atoms with van der Waals surface area (Å²) < 4.78 is 23.7. The largest absolute Gasteiger partial charge is 0.492 e. The molecule has 0 aliphatic carbocycles. The van der Waals surface area contributed by atoms with Gasteiger partial charge >= 0.3 is 0 Å². The molecule has 1 fully saturated rings. The molecule has 1 aliphatic rings. The van der Waals surface area contributed by atoms with Gasteiger partial charge in [-0.3, -0.25) is 4.79 Å². The lowest BCUT2D eigenvalue weighted by Gasteiger charge is -2.34. The van der Waals surface area contributed by atoms with Crippen LogP contribution in [0.1, 0.15) is 5.69 Å². The highest BCUT2D eigenvalue weighted by molar-refractivity contribution is 6.34. The van der Waals surface area contributed by atoms with Crippen LogP contribution in [0.2, 0.25) is 5.02 Å². The molecule has 0 atom stereocenters. The molecular formula is C19H17ClFN3O4. The number of aromatic nitrogens is 2. The number of halogens is 2. The van der Waals surface area contributed by atoms with Crippen molar-refractivity contribution in [1.82, 2.24) is 15.3 Å². The van der Waals surface area contributed by atoms with Crippen LogP contribution in [0.5, 0.6) is 5.75 Å². The van der Waals surface area contributed by atoms with E-state index in [1.165, 1.54) is 13.2 Å². The van der Waals surface area contributed by atoms with Gasteiger partial charge in [-0.25, -0.2) is 4.98 Å². The molecule has 28 heavy (non-hydrogen) atoms. The number of hydrogen-bond acceptors (Lipinski definition) is 5. The zero-order chi connectivity index (χ0) is 19.9. The number of nitrogens with one attached hydrogen (secondary N) is 2. The quantitative estimate of drug-likeness (QED) is 0.566. The molecule has 1 aromatic carbocycles. The first-order valence-corrected chi connectivity index (χ1v) is 8.88. The van der Waals surface area contributed by atoms with Crippen molar-refractivity contribution in [2.24, 2.45) is 0 Å². The highest BCUT2D eigenvalue weighted by Crippen LogP contribution is 2.32. The molecule has 3 aromatic rings. The van der Waals surface area contributed by atoms with Gasteiger partial charge in [0.05, 0.1) is 37.6 Å². The van der Waals surface area contributed by atoms with E-state index in [9.17, 15) is 14.3 Å². The third-order valence-corrected chi connectivity index (χ3v) is 4.93. The van der Waals surface area contributed by atoms with Crippen LogP contribution in [-0.4, -0.2) is 46.9 Å². The van der Waals surface area contributed by atoms with Crippen LogP contribution >= 0.6 is 11.6 Å². The van der Waals surface area contributed by atoms with Gasteiger partial charge in [-0.1, -0.05) is 11.6 Å². The maximum atomic E-state index is 13.9. The average molecular weight is 406 g/mol. The van der Waals surface area contributed by atoms with Crippen molar-refractivity contribution in [3.05, 3.63) is 47.0 Å². The van der Waals surface area contributed by atoms with Gasteiger partial charge in [-0.05, 0) is 30.3 Å². The van der Waals surface area contributed by atoms with E-state index in [0.717, 1.165) is 16.6 Å². The first kappa shape index (κ1) is 18.7. The van der Waals surface area contributed by atoms with Crippen LogP contribution in [0.25, 0.3) is 22.2 Å². The molecule has 1 saturated heterocycles. The second kappa shape index (κ2) is 7.05. The van der Waals surface area contributed by atoms with E-state index in [0.29, 0.717) is 16.3 Å². The summed E-state index contributed by atoms with van der Waals surface area (Å²) in [5, 5.41) is 13.9. The Morgan fingerprint density at radius 2 is 2.21 bits per heavy atom. The molecule has 1 aliphatic heterocycles. The number of ether oxygens (including phenoxy) is 2. The number of methoxy groups -OCH3 is 1. The van der Waals surface area contributed by atoms with Crippen molar-refractivity contribution in [2.75, 3.05) is 20.3 Å². The fourth-order valence-corrected chi connectivity index (χ4v) is 3.26. The molecule has 4 rings (SSSR count). The van der Waals surface area contributed by atoms with Crippen molar-refractivity contribution in [3.63, 3.8) is 0 Å². The van der Waals surface area contributed by atoms with Gasteiger partial charge in [-0.15, -0.1) is 0 Å². The van der Waals surface area contributed by atoms with Crippen molar-refractivity contribution in [1.29, 1.82) is 0 Å². The lowest BCUT2D eigenvalue weighted by molar-refractivity contribution is -0.190. The number of benzene rings is 1. The number of fused-ring (bicyclic) bond motifs is 1. The summed E-state index contributed by atoms with van der Waals surface area (Å²) in [5.41, 5.74) is 0.977. The predicted octanol–water partition coefficient (Wildman–Crippen LogP) is 2.41. The summed E-state index contributed by atoms with van der Waals surface area (Å²) in [5.74, 6) is -1.14. The van der Waals surface area contributed by atoms with Gasteiger partial charge in [0.15, 0.2) is 11.4 Å². The summed E-state index contributed by atoms with van der Waals surface area (Å²) >= 11 is 6.36. The Balaban J connectivity index is 1.58. The molecule has 0 saturated carbocycles. The Labute approximate surface area is 164 Å². The van der Waals surface area contributed by atoms with Crippen molar-refractivity contribution in [2.45, 2.75) is 12.1 Å². The number of pyridine rings is 1. The van der Waals surface area contributed by atoms with Crippen LogP contribution in [-0.2, 0) is 16.1 Å². The molecule has 3 heterocycles. The molecule has 146 valence electrons. The lowest BCUT2D eigenvalue weighted by Crippen LogP contribution is -2.60. The number of aliphatic hydroxyl groups is 1. The van der Waals surface area contributed by atoms with Crippen LogP contribution in [0.15, 0.2) is 30.3 Å². The normalized spacial score (nSPS) is 15.3. The second-order valence-corrected chi connectivity index (χ2v) is 7.02. The van der Waals surface area contributed by atoms with E-state index in [1.807, 2.05) is 6.07 Å². The minimum Gasteiger partial charge on any atom is -0.492 e. The Morgan fingerprint density at radius 1 is 1.43 bits per heavy atom. The standard InChI is InChI=1S/C19H17ClFN3O4/c1-27-16-3-2-14(24-17(16)21)12-6-15-10(5-13(12)20)4-11(23-15)7-22-18(25)19(26)8-28-9-19/h2-6,23,26H,7-9H2,1H3,(H,22,25). The highest BCUT2D eigenvalue weighted by Gasteiger charge is 2.43. The maximum absolute atomic E-state index is 13.9. The number of H-pyrrole nitrogens is 1. The molecule has 0 spiro atoms. The molecule has 1 amide bonds. The number of carbonyl (C=O) groups excluding carboxylic acids is 1. The number of hydrogen-bond donors (Lipinski definition) is 3. The Kier molecular flexibility index (Phi) is 4.70. The van der Waals surface area contributed by atoms with Gasteiger partial charge in [-0.2, -0.15) is 4.39 Å². The molecular weight excluding hydrogens is 389 g/mol. The Hall–Kier alpha value is -2.68. The fourth-order valence-electron chi connectivity index (χ4n) is 2.99. The predicted molar refractivity (Wildman–Crippen MR) is 101 cm³/mol. The van der Waals surface area contributed by atoms with E-state index in [1.54, 1.807) is 18.2 Å². The number of rotatable bonds is 5. The molecule has 9 heteroatoms. The molecule has 0 radical (unpaired) electrons. The Morgan fingerprint density at radius 3 is 2.86 bits per heavy atom. The first-order valence-electron chi connectivity index (χ1n) is 8.50. The molecule has 2 aromatic heterocycles. The van der Waals surface area contributed by atoms with Crippen molar-refractivity contribution in [3.8, 4) is 17.0 Å². The summed E-state index contributed by atoms with van der Waals surface area (Å²) in [6, 6.07) is 8.47. The first-order chi connectivity index (χ1) is 13.4. The molecule has 0 bridgehead atoms. The highest BCUT2D eigenvalue weighted by atomic mass is 35.5. The second-order valence-electron chi connectivity index (χ2n) is 6.61. The van der Waals surface area contributed by atoms with Crippen LogP contribution < -0.4 is 10.1 Å². The molecule has 3 N–H and O–H groups in total. The van der Waals surface area contributed by atoms with Crippen molar-refractivity contribution >= 4 is 28.4 Å². The zero-order valence-electron chi connectivity index (χ0n) is 14.9. The summed E-state index contributed by atoms with van der Waals surface area (Å²) in [4.78, 5) is 19.1. The minimum atomic E-state index is -1.45. The van der Waals surface area contributed by atoms with E-state index in [4.69, 9.17) is 21.1 Å². The molecule has 7 nitrogen and oxygen atoms in total. The Bertz CT molecular complexity index is 1060. The maximum Gasteiger partial charge on any atom is 0.257 e. The topological polar surface area (TPSA) is 96.5 Å². The van der Waals surface area contributed by atoms with E-state index >= 15 is 0 Å². The number of nitrogens with zero attached hydrogens (tertiary/aromatic N) is 1. The number of amides is 1. The van der Waals surface area contributed by atoms with E-state index < -0.39 is 17.5 Å². The monoisotopic (exact) mass is 405 g/mol. The summed E-state index contributed by atoms with van der Waals surface area (Å²) in [7, 11) is 1.37. The average Bonchev–Trinajstić information content (AvgIpc) is 3.05. The number of carbonyl (C=O) groups is 1. The smallest absolute Gasteiger partial charge is 0.257 e. The third-order valence-electron chi connectivity index (χ3n) is 4.62. The zero-order valence-corrected chi connectivity index (χ0v) is 15.6. The van der Waals surface area contributed by atoms with Gasteiger partial charge in [0.1, 0.15) is 0 Å². The van der Waals surface area contributed by atoms with E-state index in [2.05, 4.69) is 15.3 Å². The van der Waals surface area contributed by atoms with Gasteiger partial charge in [0.2, 0.25) is 0 Å². The van der Waals surface area contributed by atoms with Gasteiger partial charge in [0.25, 0.3) is 11.9 Å². The van der Waals surface area contributed by atoms with Crippen LogP contribution in [0, 0.1) is 5.95 Å². The number of aromatic amines is 1. The van der Waals surface area contributed by atoms with Gasteiger partial charge < -0.3 is 24.9 Å². The van der Waals surface area contributed by atoms with Crippen molar-refractivity contribution < 1.29 is 23.8 Å². The summed E-state index contributed by atoms with van der Waals surface area (Å²) in [6.07, 6.45) is 0. The summed E-state index contributed by atoms with van der Waals surface area (Å²) in [6.45, 7) is 0.198. The van der Waals surface area contributed by atoms with Crippen LogP contribution in [0.4, 0.5) is 4.39 Å². The fraction of sp³-hybridized carbons (Fsp3) is 0.263. The SMILES string of the molecule is COc1ccc(-c2cc3[nH]c(CNC(=O)C4(O)COC4)cc3cc2Cl)nc1F. The minimum absolute atomic E-state index is 0.00404. The third kappa shape index (κ3) is 3.30. The van der Waals surface area contributed by atoms with Crippen LogP contribution in [0.3, 0.4) is 0 Å². The molecule has 0 unspecified atom stereocenters. The van der Waals surface area contributed by atoms with Gasteiger partial charge in [0, 0.05) is 22.2 Å². The lowest BCUT2D eigenvalue weighted by atomic mass is 10.0. The van der Waals surface area contributed by atoms with E-state index in [-0.39, 0.29) is 25.5 Å².